The van der Waals surface area contributed by atoms with E-state index < -0.39 is 18.0 Å². The van der Waals surface area contributed by atoms with Gasteiger partial charge in [-0.2, -0.15) is 0 Å². The highest BCUT2D eigenvalue weighted by Crippen LogP contribution is 2.09. The number of rotatable bonds is 6. The molecule has 0 aliphatic heterocycles. The number of hydrogen-bond donors (Lipinski definition) is 2. The van der Waals surface area contributed by atoms with Crippen molar-refractivity contribution in [3.63, 3.8) is 0 Å². The van der Waals surface area contributed by atoms with Crippen LogP contribution in [0.1, 0.15) is 25.8 Å². The van der Waals surface area contributed by atoms with Crippen LogP contribution in [0, 0.1) is 5.92 Å². The average molecular weight is 313 g/mol. The van der Waals surface area contributed by atoms with E-state index in [2.05, 4.69) is 10.6 Å². The van der Waals surface area contributed by atoms with Gasteiger partial charge >= 0.3 is 12.0 Å². The molecular weight excluding hydrogens is 292 g/mol. The van der Waals surface area contributed by atoms with Gasteiger partial charge in [0.05, 0.1) is 7.11 Å². The number of carbonyl (C=O) groups excluding carboxylic acids is 2. The fourth-order valence-electron chi connectivity index (χ4n) is 1.82. The SMILES string of the molecule is COC(=O)[C@H](CC(C)C)NC(=O)NCc1ccc(Cl)cc1. The van der Waals surface area contributed by atoms with Crippen LogP contribution in [-0.2, 0) is 16.1 Å². The van der Waals surface area contributed by atoms with E-state index in [4.69, 9.17) is 16.3 Å². The van der Waals surface area contributed by atoms with Crippen molar-refractivity contribution in [3.05, 3.63) is 34.9 Å². The summed E-state index contributed by atoms with van der Waals surface area (Å²) in [6, 6.07) is 6.13. The van der Waals surface area contributed by atoms with Crippen LogP contribution in [0.25, 0.3) is 0 Å². The van der Waals surface area contributed by atoms with Crippen LogP contribution in [0.2, 0.25) is 5.02 Å². The van der Waals surface area contributed by atoms with Crippen molar-refractivity contribution < 1.29 is 14.3 Å². The summed E-state index contributed by atoms with van der Waals surface area (Å²) in [5.41, 5.74) is 0.924. The van der Waals surface area contributed by atoms with Crippen molar-refractivity contribution in [1.82, 2.24) is 10.6 Å². The molecule has 21 heavy (non-hydrogen) atoms. The molecule has 0 spiro atoms. The summed E-state index contributed by atoms with van der Waals surface area (Å²) in [5, 5.41) is 5.97. The Balaban J connectivity index is 2.49. The topological polar surface area (TPSA) is 67.4 Å². The first-order valence-electron chi connectivity index (χ1n) is 6.79. The Bertz CT molecular complexity index is 474. The highest BCUT2D eigenvalue weighted by Gasteiger charge is 2.22. The van der Waals surface area contributed by atoms with Crippen LogP contribution in [0.3, 0.4) is 0 Å². The second-order valence-electron chi connectivity index (χ2n) is 5.16. The number of esters is 1. The van der Waals surface area contributed by atoms with E-state index in [0.717, 1.165) is 5.56 Å². The van der Waals surface area contributed by atoms with E-state index in [0.29, 0.717) is 18.0 Å². The third-order valence-electron chi connectivity index (χ3n) is 2.86. The molecule has 0 saturated heterocycles. The van der Waals surface area contributed by atoms with Gasteiger partial charge in [-0.05, 0) is 30.0 Å². The zero-order valence-electron chi connectivity index (χ0n) is 12.5. The minimum atomic E-state index is -0.639. The van der Waals surface area contributed by atoms with E-state index in [1.54, 1.807) is 12.1 Å². The molecule has 0 radical (unpaired) electrons. The number of urea groups is 1. The van der Waals surface area contributed by atoms with Crippen molar-refractivity contribution >= 4 is 23.6 Å². The summed E-state index contributed by atoms with van der Waals surface area (Å²) >= 11 is 5.79. The number of hydrogen-bond acceptors (Lipinski definition) is 3. The largest absolute Gasteiger partial charge is 0.467 e. The molecule has 1 rings (SSSR count). The predicted molar refractivity (Wildman–Crippen MR) is 82.1 cm³/mol. The van der Waals surface area contributed by atoms with Crippen LogP contribution in [0.4, 0.5) is 4.79 Å². The molecule has 6 heteroatoms. The number of benzene rings is 1. The molecule has 0 aliphatic rings. The van der Waals surface area contributed by atoms with Crippen molar-refractivity contribution in [3.8, 4) is 0 Å². The molecule has 1 aromatic rings. The van der Waals surface area contributed by atoms with E-state index in [1.165, 1.54) is 7.11 Å². The van der Waals surface area contributed by atoms with Gasteiger partial charge in [0.1, 0.15) is 6.04 Å². The summed E-state index contributed by atoms with van der Waals surface area (Å²) in [5.74, 6) is -0.170. The minimum Gasteiger partial charge on any atom is -0.467 e. The van der Waals surface area contributed by atoms with Gasteiger partial charge in [-0.1, -0.05) is 37.6 Å². The first kappa shape index (κ1) is 17.3. The van der Waals surface area contributed by atoms with Gasteiger partial charge in [0.25, 0.3) is 0 Å². The van der Waals surface area contributed by atoms with Gasteiger partial charge in [-0.15, -0.1) is 0 Å². The van der Waals surface area contributed by atoms with Gasteiger partial charge in [-0.25, -0.2) is 9.59 Å². The second kappa shape index (κ2) is 8.52. The third-order valence-corrected chi connectivity index (χ3v) is 3.12. The molecule has 116 valence electrons. The normalized spacial score (nSPS) is 11.9. The number of methoxy groups -OCH3 is 1. The molecule has 0 heterocycles. The highest BCUT2D eigenvalue weighted by molar-refractivity contribution is 6.30. The van der Waals surface area contributed by atoms with Crippen LogP contribution in [-0.4, -0.2) is 25.2 Å². The summed E-state index contributed by atoms with van der Waals surface area (Å²) in [6.45, 7) is 4.31. The zero-order valence-corrected chi connectivity index (χ0v) is 13.2. The third kappa shape index (κ3) is 6.49. The first-order chi connectivity index (χ1) is 9.92. The Morgan fingerprint density at radius 2 is 1.86 bits per heavy atom. The van der Waals surface area contributed by atoms with E-state index in [-0.39, 0.29) is 5.92 Å². The molecule has 1 atom stereocenters. The van der Waals surface area contributed by atoms with Gasteiger partial charge in [0.15, 0.2) is 0 Å². The minimum absolute atomic E-state index is 0.269. The molecule has 0 unspecified atom stereocenters. The summed E-state index contributed by atoms with van der Waals surface area (Å²) in [6.07, 6.45) is 0.529. The molecular formula is C15H21ClN2O3. The van der Waals surface area contributed by atoms with Crippen molar-refractivity contribution in [2.24, 2.45) is 5.92 Å². The first-order valence-corrected chi connectivity index (χ1v) is 7.16. The number of carbonyl (C=O) groups is 2. The second-order valence-corrected chi connectivity index (χ2v) is 5.60. The van der Waals surface area contributed by atoms with E-state index in [9.17, 15) is 9.59 Å². The van der Waals surface area contributed by atoms with Crippen LogP contribution in [0.5, 0.6) is 0 Å². The summed E-state index contributed by atoms with van der Waals surface area (Å²) in [4.78, 5) is 23.5. The maximum atomic E-state index is 11.8. The number of nitrogens with one attached hydrogen (secondary N) is 2. The van der Waals surface area contributed by atoms with Gasteiger partial charge < -0.3 is 15.4 Å². The number of amides is 2. The standard InChI is InChI=1S/C15H21ClN2O3/c1-10(2)8-13(14(19)21-3)18-15(20)17-9-11-4-6-12(16)7-5-11/h4-7,10,13H,8-9H2,1-3H3,(H2,17,18,20)/t13-/m0/s1. The maximum absolute atomic E-state index is 11.8. The Morgan fingerprint density at radius 3 is 2.38 bits per heavy atom. The maximum Gasteiger partial charge on any atom is 0.328 e. The molecule has 1 aromatic carbocycles. The average Bonchev–Trinajstić information content (AvgIpc) is 2.44. The zero-order chi connectivity index (χ0) is 15.8. The summed E-state index contributed by atoms with van der Waals surface area (Å²) in [7, 11) is 1.31. The molecule has 0 saturated carbocycles. The molecule has 2 N–H and O–H groups in total. The fraction of sp³-hybridized carbons (Fsp3) is 0.467. The molecule has 0 fully saturated rings. The molecule has 2 amide bonds. The molecule has 0 aliphatic carbocycles. The lowest BCUT2D eigenvalue weighted by Crippen LogP contribution is -2.46. The van der Waals surface area contributed by atoms with E-state index >= 15 is 0 Å². The lowest BCUT2D eigenvalue weighted by Gasteiger charge is -2.18. The molecule has 0 aromatic heterocycles. The Morgan fingerprint density at radius 1 is 1.24 bits per heavy atom. The Kier molecular flexibility index (Phi) is 7.02. The lowest BCUT2D eigenvalue weighted by molar-refractivity contribution is -0.143. The lowest BCUT2D eigenvalue weighted by atomic mass is 10.0. The van der Waals surface area contributed by atoms with E-state index in [1.807, 2.05) is 26.0 Å². The fourth-order valence-corrected chi connectivity index (χ4v) is 1.95. The van der Waals surface area contributed by atoms with Crippen molar-refractivity contribution in [1.29, 1.82) is 0 Å². The van der Waals surface area contributed by atoms with Crippen LogP contribution >= 0.6 is 11.6 Å². The molecule has 5 nitrogen and oxygen atoms in total. The Labute approximate surface area is 130 Å². The predicted octanol–water partition coefficient (Wildman–Crippen LogP) is 2.73. The quantitative estimate of drug-likeness (QED) is 0.794. The van der Waals surface area contributed by atoms with Crippen molar-refractivity contribution in [2.75, 3.05) is 7.11 Å². The Hall–Kier alpha value is -1.75. The number of halogens is 1. The van der Waals surface area contributed by atoms with Gasteiger partial charge in [0, 0.05) is 11.6 Å². The van der Waals surface area contributed by atoms with Crippen LogP contribution in [0.15, 0.2) is 24.3 Å². The van der Waals surface area contributed by atoms with Crippen LogP contribution < -0.4 is 10.6 Å². The van der Waals surface area contributed by atoms with Gasteiger partial charge in [-0.3, -0.25) is 0 Å². The van der Waals surface area contributed by atoms with Gasteiger partial charge in [0.2, 0.25) is 0 Å². The smallest absolute Gasteiger partial charge is 0.328 e. The molecule has 0 bridgehead atoms. The number of ether oxygens (including phenoxy) is 1. The van der Waals surface area contributed by atoms with Crippen molar-refractivity contribution in [2.45, 2.75) is 32.9 Å². The highest BCUT2D eigenvalue weighted by atomic mass is 35.5. The monoisotopic (exact) mass is 312 g/mol. The summed E-state index contributed by atoms with van der Waals surface area (Å²) < 4.78 is 4.69.